The Morgan fingerprint density at radius 3 is 2.81 bits per heavy atom. The average molecular weight is 224 g/mol. The van der Waals surface area contributed by atoms with Crippen molar-refractivity contribution in [2.24, 2.45) is 0 Å². The maximum atomic E-state index is 11.5. The molecule has 0 fully saturated rings. The van der Waals surface area contributed by atoms with Gasteiger partial charge in [-0.1, -0.05) is 0 Å². The summed E-state index contributed by atoms with van der Waals surface area (Å²) in [5.74, 6) is 1.06. The van der Waals surface area contributed by atoms with Gasteiger partial charge < -0.3 is 19.9 Å². The van der Waals surface area contributed by atoms with E-state index < -0.39 is 0 Å². The highest BCUT2D eigenvalue weighted by Crippen LogP contribution is 2.40. The Morgan fingerprint density at radius 2 is 2.06 bits per heavy atom. The van der Waals surface area contributed by atoms with Crippen molar-refractivity contribution in [1.29, 1.82) is 0 Å². The molecule has 0 unspecified atom stereocenters. The molecule has 0 atom stereocenters. The molecule has 0 aromatic heterocycles. The summed E-state index contributed by atoms with van der Waals surface area (Å²) in [6, 6.07) is 3.57. The number of fused-ring (bicyclic) bond motifs is 1. The fourth-order valence-electron chi connectivity index (χ4n) is 1.62. The number of ether oxygens (including phenoxy) is 2. The molecule has 0 saturated heterocycles. The average Bonchev–Trinajstić information content (AvgIpc) is 2.51. The maximum Gasteiger partial charge on any atom is 0.185 e. The molecule has 0 radical (unpaired) electrons. The summed E-state index contributed by atoms with van der Waals surface area (Å²) in [5.41, 5.74) is 1.27. The minimum Gasteiger partial charge on any atom is -0.733 e. The predicted molar refractivity (Wildman–Crippen MR) is 59.6 cm³/mol. The number of hydrogen-bond acceptors (Lipinski definition) is 5. The molecule has 1 aliphatic heterocycles. The van der Waals surface area contributed by atoms with Crippen LogP contribution >= 0.6 is 0 Å². The molecule has 2 rings (SSSR count). The lowest BCUT2D eigenvalue weighted by atomic mass is 10.2. The lowest BCUT2D eigenvalue weighted by Crippen LogP contribution is -2.14. The zero-order valence-electron chi connectivity index (χ0n) is 9.36. The van der Waals surface area contributed by atoms with E-state index in [1.807, 2.05) is 13.0 Å². The van der Waals surface area contributed by atoms with Crippen LogP contribution in [-0.2, 0) is 4.84 Å². The van der Waals surface area contributed by atoms with Crippen molar-refractivity contribution in [3.63, 3.8) is 0 Å². The van der Waals surface area contributed by atoms with Gasteiger partial charge in [-0.2, -0.15) is 0 Å². The molecule has 1 heterocycles. The van der Waals surface area contributed by atoms with Crippen LogP contribution in [0.25, 0.3) is 0 Å². The first-order valence-corrected chi connectivity index (χ1v) is 5.14. The largest absolute Gasteiger partial charge is 0.733 e. The molecule has 0 bridgehead atoms. The summed E-state index contributed by atoms with van der Waals surface area (Å²) >= 11 is 0. The van der Waals surface area contributed by atoms with Crippen LogP contribution in [0.5, 0.6) is 11.5 Å². The SMILES string of the molecule is CON([O-])c1cc(C)cc2c1OCCCO2. The van der Waals surface area contributed by atoms with Gasteiger partial charge >= 0.3 is 0 Å². The molecule has 5 nitrogen and oxygen atoms in total. The minimum absolute atomic E-state index is 0.347. The highest BCUT2D eigenvalue weighted by Gasteiger charge is 2.16. The fourth-order valence-corrected chi connectivity index (χ4v) is 1.62. The zero-order valence-corrected chi connectivity index (χ0v) is 9.36. The van der Waals surface area contributed by atoms with E-state index in [2.05, 4.69) is 4.84 Å². The molecule has 0 N–H and O–H groups in total. The second-order valence-electron chi connectivity index (χ2n) is 3.60. The Kier molecular flexibility index (Phi) is 3.17. The summed E-state index contributed by atoms with van der Waals surface area (Å²) in [6.45, 7) is 3.03. The van der Waals surface area contributed by atoms with Crippen molar-refractivity contribution in [2.45, 2.75) is 13.3 Å². The van der Waals surface area contributed by atoms with Crippen LogP contribution < -0.4 is 14.7 Å². The van der Waals surface area contributed by atoms with Crippen LogP contribution in [0.15, 0.2) is 12.1 Å². The van der Waals surface area contributed by atoms with Crippen LogP contribution in [0.1, 0.15) is 12.0 Å². The second kappa shape index (κ2) is 4.59. The number of benzene rings is 1. The van der Waals surface area contributed by atoms with Gasteiger partial charge in [0.15, 0.2) is 11.5 Å². The first-order chi connectivity index (χ1) is 7.72. The van der Waals surface area contributed by atoms with Crippen LogP contribution in [-0.4, -0.2) is 20.3 Å². The predicted octanol–water partition coefficient (Wildman–Crippen LogP) is 2.02. The number of rotatable bonds is 2. The smallest absolute Gasteiger partial charge is 0.185 e. The first kappa shape index (κ1) is 11.0. The number of anilines is 1. The van der Waals surface area contributed by atoms with Crippen LogP contribution in [0.3, 0.4) is 0 Å². The van der Waals surface area contributed by atoms with Gasteiger partial charge in [-0.3, -0.25) is 4.84 Å². The highest BCUT2D eigenvalue weighted by molar-refractivity contribution is 5.65. The van der Waals surface area contributed by atoms with Gasteiger partial charge in [0.05, 0.1) is 26.0 Å². The van der Waals surface area contributed by atoms with E-state index in [0.29, 0.717) is 35.6 Å². The van der Waals surface area contributed by atoms with Gasteiger partial charge in [-0.15, -0.1) is 0 Å². The molecule has 0 amide bonds. The lowest BCUT2D eigenvalue weighted by Gasteiger charge is -2.29. The molecule has 88 valence electrons. The van der Waals surface area contributed by atoms with E-state index in [9.17, 15) is 5.21 Å². The normalized spacial score (nSPS) is 14.4. The van der Waals surface area contributed by atoms with Crippen LogP contribution in [0.2, 0.25) is 0 Å². The Bertz CT molecular complexity index is 380. The van der Waals surface area contributed by atoms with Crippen molar-refractivity contribution in [1.82, 2.24) is 0 Å². The minimum atomic E-state index is 0.347. The van der Waals surface area contributed by atoms with E-state index in [-0.39, 0.29) is 0 Å². The molecule has 5 heteroatoms. The molecule has 16 heavy (non-hydrogen) atoms. The maximum absolute atomic E-state index is 11.5. The van der Waals surface area contributed by atoms with Crippen molar-refractivity contribution in [3.8, 4) is 11.5 Å². The fraction of sp³-hybridized carbons (Fsp3) is 0.455. The quantitative estimate of drug-likeness (QED) is 0.719. The Morgan fingerprint density at radius 1 is 1.31 bits per heavy atom. The summed E-state index contributed by atoms with van der Waals surface area (Å²) in [6.07, 6.45) is 0.805. The van der Waals surface area contributed by atoms with E-state index >= 15 is 0 Å². The molecular formula is C11H14NO4-. The van der Waals surface area contributed by atoms with E-state index in [0.717, 1.165) is 12.0 Å². The van der Waals surface area contributed by atoms with Gasteiger partial charge in [0.2, 0.25) is 0 Å². The third-order valence-corrected chi connectivity index (χ3v) is 2.33. The van der Waals surface area contributed by atoms with Gasteiger partial charge in [0.1, 0.15) is 0 Å². The standard InChI is InChI=1S/C11H14NO4/c1-8-6-9(12(13)14-2)11-10(7-8)15-4-3-5-16-11/h6-7H,3-5H2,1-2H3/q-1. The van der Waals surface area contributed by atoms with Gasteiger partial charge in [-0.05, 0) is 24.6 Å². The van der Waals surface area contributed by atoms with Gasteiger partial charge in [-0.25, -0.2) is 0 Å². The Hall–Kier alpha value is -1.46. The third-order valence-electron chi connectivity index (χ3n) is 2.33. The van der Waals surface area contributed by atoms with Crippen molar-refractivity contribution >= 4 is 5.69 Å². The van der Waals surface area contributed by atoms with E-state index in [1.54, 1.807) is 6.07 Å². The van der Waals surface area contributed by atoms with Gasteiger partial charge in [0.25, 0.3) is 0 Å². The molecular weight excluding hydrogens is 210 g/mol. The molecule has 1 aromatic rings. The topological polar surface area (TPSA) is 54.0 Å². The molecule has 0 saturated carbocycles. The van der Waals surface area contributed by atoms with E-state index in [4.69, 9.17) is 9.47 Å². The van der Waals surface area contributed by atoms with Crippen LogP contribution in [0, 0.1) is 12.1 Å². The van der Waals surface area contributed by atoms with Crippen molar-refractivity contribution < 1.29 is 14.3 Å². The molecule has 0 spiro atoms. The summed E-state index contributed by atoms with van der Waals surface area (Å²) in [5, 5.41) is 11.9. The summed E-state index contributed by atoms with van der Waals surface area (Å²) < 4.78 is 11.0. The molecule has 0 aliphatic carbocycles. The number of aryl methyl sites for hydroxylation is 1. The summed E-state index contributed by atoms with van der Waals surface area (Å²) in [7, 11) is 1.32. The Balaban J connectivity index is 2.46. The van der Waals surface area contributed by atoms with Crippen molar-refractivity contribution in [2.75, 3.05) is 25.6 Å². The van der Waals surface area contributed by atoms with E-state index in [1.165, 1.54) is 7.11 Å². The zero-order chi connectivity index (χ0) is 11.5. The first-order valence-electron chi connectivity index (χ1n) is 5.14. The van der Waals surface area contributed by atoms with Crippen molar-refractivity contribution in [3.05, 3.63) is 22.9 Å². The van der Waals surface area contributed by atoms with Crippen LogP contribution in [0.4, 0.5) is 5.69 Å². The molecule has 1 aromatic carbocycles. The highest BCUT2D eigenvalue weighted by atomic mass is 16.9. The summed E-state index contributed by atoms with van der Waals surface area (Å²) in [4.78, 5) is 4.64. The number of nitrogens with zero attached hydrogens (tertiary/aromatic N) is 1. The monoisotopic (exact) mass is 224 g/mol. The lowest BCUT2D eigenvalue weighted by molar-refractivity contribution is 0.194. The Labute approximate surface area is 94.1 Å². The molecule has 1 aliphatic rings. The third kappa shape index (κ3) is 2.05. The number of hydrogen-bond donors (Lipinski definition) is 0. The second-order valence-corrected chi connectivity index (χ2v) is 3.60. The van der Waals surface area contributed by atoms with Gasteiger partial charge in [0, 0.05) is 6.42 Å².